The first-order valence-electron chi connectivity index (χ1n) is 9.89. The van der Waals surface area contributed by atoms with Crippen molar-refractivity contribution in [2.45, 2.75) is 32.7 Å². The second-order valence-electron chi connectivity index (χ2n) is 7.26. The van der Waals surface area contributed by atoms with Crippen molar-refractivity contribution in [1.29, 1.82) is 0 Å². The summed E-state index contributed by atoms with van der Waals surface area (Å²) in [6.07, 6.45) is -4.37. The maximum atomic E-state index is 13.9. The summed E-state index contributed by atoms with van der Waals surface area (Å²) in [6, 6.07) is 11.3. The quantitative estimate of drug-likeness (QED) is 0.199. The van der Waals surface area contributed by atoms with Crippen molar-refractivity contribution < 1.29 is 22.3 Å². The van der Waals surface area contributed by atoms with Crippen LogP contribution in [-0.2, 0) is 19.6 Å². The highest BCUT2D eigenvalue weighted by Crippen LogP contribution is 2.19. The highest BCUT2D eigenvalue weighted by molar-refractivity contribution is 14.0. The van der Waals surface area contributed by atoms with Crippen molar-refractivity contribution in [3.05, 3.63) is 65.0 Å². The number of nitrogens with zero attached hydrogens (tertiary/aromatic N) is 2. The molecule has 5 nitrogen and oxygen atoms in total. The Hall–Kier alpha value is -2.08. The van der Waals surface area contributed by atoms with Crippen molar-refractivity contribution in [2.24, 2.45) is 4.99 Å². The van der Waals surface area contributed by atoms with E-state index in [4.69, 9.17) is 4.74 Å². The van der Waals surface area contributed by atoms with Gasteiger partial charge in [-0.2, -0.15) is 13.2 Å². The van der Waals surface area contributed by atoms with E-state index in [1.54, 1.807) is 18.2 Å². The summed E-state index contributed by atoms with van der Waals surface area (Å²) in [5.74, 6) is 0.499. The molecule has 178 valence electrons. The summed E-state index contributed by atoms with van der Waals surface area (Å²) >= 11 is 0. The van der Waals surface area contributed by atoms with Crippen molar-refractivity contribution in [1.82, 2.24) is 15.5 Å². The number of hydrogen-bond donors (Lipinski definition) is 2. The van der Waals surface area contributed by atoms with E-state index in [-0.39, 0.29) is 35.5 Å². The molecule has 0 saturated carbocycles. The number of guanidine groups is 1. The molecule has 0 fully saturated rings. The number of benzene rings is 2. The number of rotatable bonds is 9. The van der Waals surface area contributed by atoms with Gasteiger partial charge in [0.05, 0.1) is 6.54 Å². The fourth-order valence-corrected chi connectivity index (χ4v) is 2.75. The summed E-state index contributed by atoms with van der Waals surface area (Å²) < 4.78 is 55.3. The van der Waals surface area contributed by atoms with Crippen molar-refractivity contribution >= 4 is 29.9 Å². The monoisotopic (exact) mass is 568 g/mol. The minimum absolute atomic E-state index is 0. The van der Waals surface area contributed by atoms with Gasteiger partial charge in [0.2, 0.25) is 0 Å². The lowest BCUT2D eigenvalue weighted by Crippen LogP contribution is -2.36. The molecule has 0 unspecified atom stereocenters. The predicted octanol–water partition coefficient (Wildman–Crippen LogP) is 4.70. The third-order valence-electron chi connectivity index (χ3n) is 4.15. The van der Waals surface area contributed by atoms with Gasteiger partial charge in [0.25, 0.3) is 0 Å². The molecule has 0 aliphatic carbocycles. The summed E-state index contributed by atoms with van der Waals surface area (Å²) in [4.78, 5) is 6.43. The molecule has 0 radical (unpaired) electrons. The Kier molecular flexibility index (Phi) is 11.8. The zero-order valence-corrected chi connectivity index (χ0v) is 20.6. The number of ether oxygens (including phenoxy) is 1. The number of aliphatic imine (C=N–C) groups is 1. The van der Waals surface area contributed by atoms with Crippen LogP contribution in [-0.4, -0.2) is 44.3 Å². The minimum Gasteiger partial charge on any atom is -0.484 e. The molecule has 0 atom stereocenters. The second kappa shape index (κ2) is 13.5. The lowest BCUT2D eigenvalue weighted by atomic mass is 10.1. The number of halogens is 5. The largest absolute Gasteiger partial charge is 0.484 e. The maximum Gasteiger partial charge on any atom is 0.422 e. The van der Waals surface area contributed by atoms with Gasteiger partial charge in [0, 0.05) is 25.2 Å². The van der Waals surface area contributed by atoms with E-state index >= 15 is 0 Å². The first-order valence-corrected chi connectivity index (χ1v) is 9.89. The van der Waals surface area contributed by atoms with Gasteiger partial charge < -0.3 is 20.3 Å². The molecular weight excluding hydrogens is 539 g/mol. The molecule has 0 saturated heterocycles. The Morgan fingerprint density at radius 1 is 1.03 bits per heavy atom. The second-order valence-corrected chi connectivity index (χ2v) is 7.26. The molecule has 0 aliphatic heterocycles. The number of hydrogen-bond acceptors (Lipinski definition) is 3. The van der Waals surface area contributed by atoms with Gasteiger partial charge in [0.1, 0.15) is 11.6 Å². The van der Waals surface area contributed by atoms with E-state index in [2.05, 4.69) is 15.6 Å². The third kappa shape index (κ3) is 10.5. The van der Waals surface area contributed by atoms with Crippen LogP contribution in [0, 0.1) is 5.82 Å². The Bertz CT molecular complexity index is 858. The van der Waals surface area contributed by atoms with Crippen LogP contribution < -0.4 is 15.4 Å². The van der Waals surface area contributed by atoms with Crippen LogP contribution >= 0.6 is 24.0 Å². The highest BCUT2D eigenvalue weighted by Gasteiger charge is 2.28. The molecule has 0 heterocycles. The molecule has 32 heavy (non-hydrogen) atoms. The van der Waals surface area contributed by atoms with Gasteiger partial charge in [-0.3, -0.25) is 0 Å². The van der Waals surface area contributed by atoms with Crippen LogP contribution in [0.5, 0.6) is 5.75 Å². The molecule has 2 rings (SSSR count). The summed E-state index contributed by atoms with van der Waals surface area (Å²) in [7, 11) is 3.76. The first-order chi connectivity index (χ1) is 14.7. The lowest BCUT2D eigenvalue weighted by molar-refractivity contribution is -0.153. The fourth-order valence-electron chi connectivity index (χ4n) is 2.75. The van der Waals surface area contributed by atoms with E-state index in [0.717, 1.165) is 11.1 Å². The van der Waals surface area contributed by atoms with E-state index in [1.165, 1.54) is 18.2 Å². The smallest absolute Gasteiger partial charge is 0.422 e. The first kappa shape index (κ1) is 28.0. The van der Waals surface area contributed by atoms with Crippen LogP contribution in [0.15, 0.2) is 47.5 Å². The molecule has 2 aromatic rings. The van der Waals surface area contributed by atoms with Crippen LogP contribution in [0.25, 0.3) is 0 Å². The predicted molar refractivity (Wildman–Crippen MR) is 129 cm³/mol. The van der Waals surface area contributed by atoms with Crippen LogP contribution in [0.1, 0.15) is 23.6 Å². The average molecular weight is 568 g/mol. The maximum absolute atomic E-state index is 13.9. The molecule has 2 N–H and O–H groups in total. The highest BCUT2D eigenvalue weighted by atomic mass is 127. The zero-order chi connectivity index (χ0) is 22.9. The van der Waals surface area contributed by atoms with Gasteiger partial charge in [-0.25, -0.2) is 9.38 Å². The third-order valence-corrected chi connectivity index (χ3v) is 4.15. The van der Waals surface area contributed by atoms with Gasteiger partial charge in [0.15, 0.2) is 12.6 Å². The molecule has 2 aromatic carbocycles. The van der Waals surface area contributed by atoms with E-state index in [9.17, 15) is 17.6 Å². The van der Waals surface area contributed by atoms with Gasteiger partial charge >= 0.3 is 6.18 Å². The molecule has 0 aromatic heterocycles. The van der Waals surface area contributed by atoms with Gasteiger partial charge in [-0.1, -0.05) is 18.2 Å². The topological polar surface area (TPSA) is 48.9 Å². The lowest BCUT2D eigenvalue weighted by Gasteiger charge is -2.13. The molecule has 0 bridgehead atoms. The van der Waals surface area contributed by atoms with E-state index in [0.29, 0.717) is 37.7 Å². The SMILES string of the molecule is CCNC(=NCc1ccc(F)c(CN(C)C)c1)NCc1ccc(OCC(F)(F)F)cc1.I. The Labute approximate surface area is 203 Å². The van der Waals surface area contributed by atoms with Crippen molar-refractivity contribution in [3.8, 4) is 5.75 Å². The van der Waals surface area contributed by atoms with Gasteiger partial charge in [-0.15, -0.1) is 24.0 Å². The van der Waals surface area contributed by atoms with Crippen LogP contribution in [0.4, 0.5) is 17.6 Å². The molecule has 0 aliphatic rings. The van der Waals surface area contributed by atoms with Crippen molar-refractivity contribution in [3.63, 3.8) is 0 Å². The molecule has 0 spiro atoms. The minimum atomic E-state index is -4.37. The van der Waals surface area contributed by atoms with Crippen molar-refractivity contribution in [2.75, 3.05) is 27.2 Å². The zero-order valence-electron chi connectivity index (χ0n) is 18.3. The van der Waals surface area contributed by atoms with E-state index < -0.39 is 12.8 Å². The standard InChI is InChI=1S/C22H28F4N4O.HI/c1-4-27-21(29-13-17-7-10-20(23)18(11-17)14-30(2)3)28-12-16-5-8-19(9-6-16)31-15-22(24,25)26;/h5-11H,4,12-15H2,1-3H3,(H2,27,28,29);1H. The Morgan fingerprint density at radius 2 is 1.69 bits per heavy atom. The summed E-state index contributed by atoms with van der Waals surface area (Å²) in [5.41, 5.74) is 2.37. The fraction of sp³-hybridized carbons (Fsp3) is 0.409. The van der Waals surface area contributed by atoms with E-state index in [1.807, 2.05) is 32.0 Å². The molecule has 10 heteroatoms. The van der Waals surface area contributed by atoms with Gasteiger partial charge in [-0.05, 0) is 56.4 Å². The Balaban J connectivity index is 0.00000512. The Morgan fingerprint density at radius 3 is 2.28 bits per heavy atom. The van der Waals surface area contributed by atoms with Crippen LogP contribution in [0.3, 0.4) is 0 Å². The normalized spacial score (nSPS) is 11.8. The average Bonchev–Trinajstić information content (AvgIpc) is 2.70. The summed E-state index contributed by atoms with van der Waals surface area (Å²) in [5, 5.41) is 6.31. The van der Waals surface area contributed by atoms with Crippen LogP contribution in [0.2, 0.25) is 0 Å². The number of nitrogens with one attached hydrogen (secondary N) is 2. The number of alkyl halides is 3. The summed E-state index contributed by atoms with van der Waals surface area (Å²) in [6.45, 7) is 2.59. The molecule has 0 amide bonds. The molecular formula is C22H29F4IN4O.